The van der Waals surface area contributed by atoms with Gasteiger partial charge in [0.15, 0.2) is 9.84 Å². The average molecular weight is 307 g/mol. The van der Waals surface area contributed by atoms with Crippen LogP contribution < -0.4 is 5.73 Å². The third kappa shape index (κ3) is 3.92. The Labute approximate surface area is 125 Å². The van der Waals surface area contributed by atoms with Crippen molar-refractivity contribution in [1.29, 1.82) is 0 Å². The molecular weight excluding hydrogens is 286 g/mol. The maximum atomic E-state index is 11.4. The van der Waals surface area contributed by atoms with E-state index in [9.17, 15) is 8.42 Å². The van der Waals surface area contributed by atoms with Crippen molar-refractivity contribution in [2.75, 3.05) is 6.26 Å². The van der Waals surface area contributed by atoms with Crippen molar-refractivity contribution in [3.05, 3.63) is 47.8 Å². The second-order valence-corrected chi connectivity index (χ2v) is 7.55. The van der Waals surface area contributed by atoms with E-state index in [0.717, 1.165) is 11.3 Å². The Balaban J connectivity index is 2.11. The Morgan fingerprint density at radius 3 is 2.29 bits per heavy atom. The van der Waals surface area contributed by atoms with Crippen LogP contribution in [0.25, 0.3) is 0 Å². The van der Waals surface area contributed by atoms with Gasteiger partial charge in [0.2, 0.25) is 0 Å². The van der Waals surface area contributed by atoms with E-state index >= 15 is 0 Å². The van der Waals surface area contributed by atoms with E-state index < -0.39 is 9.84 Å². The molecule has 5 nitrogen and oxygen atoms in total. The first-order valence-electron chi connectivity index (χ1n) is 6.87. The van der Waals surface area contributed by atoms with Crippen LogP contribution in [-0.4, -0.2) is 24.5 Å². The van der Waals surface area contributed by atoms with Crippen molar-refractivity contribution in [3.8, 4) is 0 Å². The molecule has 2 N–H and O–H groups in total. The van der Waals surface area contributed by atoms with Crippen molar-refractivity contribution in [3.63, 3.8) is 0 Å². The predicted molar refractivity (Wildman–Crippen MR) is 82.8 cm³/mol. The minimum atomic E-state index is -3.17. The standard InChI is InChI=1S/C15H21N3O2S/c1-11(2)18-9-8-13(17-18)10-15(16)12-4-6-14(7-5-12)21(3,19)20/h4-9,11,15H,10,16H2,1-3H3. The Hall–Kier alpha value is -1.66. The number of sulfone groups is 1. The van der Waals surface area contributed by atoms with Crippen LogP contribution in [0, 0.1) is 0 Å². The smallest absolute Gasteiger partial charge is 0.175 e. The molecular formula is C15H21N3O2S. The number of benzene rings is 1. The van der Waals surface area contributed by atoms with Crippen LogP contribution in [0.5, 0.6) is 0 Å². The monoisotopic (exact) mass is 307 g/mol. The molecule has 1 aromatic carbocycles. The lowest BCUT2D eigenvalue weighted by atomic mass is 10.0. The highest BCUT2D eigenvalue weighted by atomic mass is 32.2. The lowest BCUT2D eigenvalue weighted by Crippen LogP contribution is -2.14. The van der Waals surface area contributed by atoms with Gasteiger partial charge in [0.25, 0.3) is 0 Å². The van der Waals surface area contributed by atoms with Crippen molar-refractivity contribution >= 4 is 9.84 Å². The fourth-order valence-electron chi connectivity index (χ4n) is 2.08. The number of rotatable bonds is 5. The van der Waals surface area contributed by atoms with Gasteiger partial charge in [0.05, 0.1) is 10.6 Å². The van der Waals surface area contributed by atoms with Gasteiger partial charge in [0.1, 0.15) is 0 Å². The molecule has 0 amide bonds. The summed E-state index contributed by atoms with van der Waals surface area (Å²) >= 11 is 0. The summed E-state index contributed by atoms with van der Waals surface area (Å²) in [4.78, 5) is 0.308. The molecule has 21 heavy (non-hydrogen) atoms. The van der Waals surface area contributed by atoms with Crippen LogP contribution in [0.3, 0.4) is 0 Å². The van der Waals surface area contributed by atoms with Crippen LogP contribution >= 0.6 is 0 Å². The molecule has 0 saturated carbocycles. The van der Waals surface area contributed by atoms with Gasteiger partial charge in [-0.05, 0) is 37.6 Å². The molecule has 0 saturated heterocycles. The number of hydrogen-bond acceptors (Lipinski definition) is 4. The summed E-state index contributed by atoms with van der Waals surface area (Å²) in [7, 11) is -3.17. The molecule has 114 valence electrons. The van der Waals surface area contributed by atoms with Gasteiger partial charge in [-0.25, -0.2) is 8.42 Å². The van der Waals surface area contributed by atoms with Gasteiger partial charge >= 0.3 is 0 Å². The zero-order chi connectivity index (χ0) is 15.6. The normalized spacial score (nSPS) is 13.6. The van der Waals surface area contributed by atoms with Crippen molar-refractivity contribution in [1.82, 2.24) is 9.78 Å². The topological polar surface area (TPSA) is 78.0 Å². The molecule has 0 fully saturated rings. The second-order valence-electron chi connectivity index (χ2n) is 5.53. The van der Waals surface area contributed by atoms with Gasteiger partial charge in [-0.1, -0.05) is 12.1 Å². The molecule has 2 aromatic rings. The minimum Gasteiger partial charge on any atom is -0.324 e. The largest absolute Gasteiger partial charge is 0.324 e. The molecule has 1 heterocycles. The van der Waals surface area contributed by atoms with Gasteiger partial charge in [-0.2, -0.15) is 5.10 Å². The predicted octanol–water partition coefficient (Wildman–Crippen LogP) is 2.11. The Morgan fingerprint density at radius 1 is 1.19 bits per heavy atom. The Morgan fingerprint density at radius 2 is 1.81 bits per heavy atom. The molecule has 0 aliphatic carbocycles. The number of nitrogens with two attached hydrogens (primary N) is 1. The molecule has 0 spiro atoms. The van der Waals surface area contributed by atoms with Crippen LogP contribution in [0.1, 0.15) is 37.2 Å². The van der Waals surface area contributed by atoms with Gasteiger partial charge in [-0.3, -0.25) is 4.68 Å². The summed E-state index contributed by atoms with van der Waals surface area (Å²) in [5, 5.41) is 4.47. The van der Waals surface area contributed by atoms with E-state index in [1.807, 2.05) is 16.9 Å². The average Bonchev–Trinajstić information content (AvgIpc) is 2.86. The summed E-state index contributed by atoms with van der Waals surface area (Å²) in [6.07, 6.45) is 3.76. The second kappa shape index (κ2) is 5.99. The zero-order valence-electron chi connectivity index (χ0n) is 12.5. The summed E-state index contributed by atoms with van der Waals surface area (Å²) in [5.41, 5.74) is 8.01. The van der Waals surface area contributed by atoms with E-state index in [2.05, 4.69) is 18.9 Å². The lowest BCUT2D eigenvalue weighted by Gasteiger charge is -2.11. The molecule has 0 aliphatic heterocycles. The fourth-order valence-corrected chi connectivity index (χ4v) is 2.71. The first-order valence-corrected chi connectivity index (χ1v) is 8.76. The molecule has 1 aromatic heterocycles. The van der Waals surface area contributed by atoms with Crippen LogP contribution in [-0.2, 0) is 16.3 Å². The number of aromatic nitrogens is 2. The SMILES string of the molecule is CC(C)n1ccc(CC(N)c2ccc(S(C)(=O)=O)cc2)n1. The molecule has 0 radical (unpaired) electrons. The van der Waals surface area contributed by atoms with Crippen LogP contribution in [0.4, 0.5) is 0 Å². The van der Waals surface area contributed by atoms with E-state index in [0.29, 0.717) is 17.4 Å². The maximum Gasteiger partial charge on any atom is 0.175 e. The Bertz CT molecular complexity index is 703. The van der Waals surface area contributed by atoms with Gasteiger partial charge < -0.3 is 5.73 Å². The number of nitrogens with zero attached hydrogens (tertiary/aromatic N) is 2. The third-order valence-electron chi connectivity index (χ3n) is 3.36. The highest BCUT2D eigenvalue weighted by molar-refractivity contribution is 7.90. The van der Waals surface area contributed by atoms with E-state index in [4.69, 9.17) is 5.73 Å². The highest BCUT2D eigenvalue weighted by Crippen LogP contribution is 2.18. The third-order valence-corrected chi connectivity index (χ3v) is 4.49. The van der Waals surface area contributed by atoms with Crippen molar-refractivity contribution in [2.24, 2.45) is 5.73 Å². The minimum absolute atomic E-state index is 0.200. The highest BCUT2D eigenvalue weighted by Gasteiger charge is 2.12. The molecule has 0 aliphatic rings. The molecule has 6 heteroatoms. The van der Waals surface area contributed by atoms with Crippen molar-refractivity contribution in [2.45, 2.75) is 37.2 Å². The van der Waals surface area contributed by atoms with Gasteiger partial charge in [-0.15, -0.1) is 0 Å². The van der Waals surface area contributed by atoms with Crippen LogP contribution in [0.15, 0.2) is 41.4 Å². The first-order chi connectivity index (χ1) is 9.77. The summed E-state index contributed by atoms with van der Waals surface area (Å²) in [6, 6.07) is 8.80. The Kier molecular flexibility index (Phi) is 4.49. The van der Waals surface area contributed by atoms with Gasteiger partial charge in [0, 0.05) is 31.0 Å². The van der Waals surface area contributed by atoms with Crippen molar-refractivity contribution < 1.29 is 8.42 Å². The van der Waals surface area contributed by atoms with E-state index in [1.165, 1.54) is 6.26 Å². The molecule has 1 unspecified atom stereocenters. The zero-order valence-corrected chi connectivity index (χ0v) is 13.3. The van der Waals surface area contributed by atoms with Crippen LogP contribution in [0.2, 0.25) is 0 Å². The van der Waals surface area contributed by atoms with E-state index in [1.54, 1.807) is 24.3 Å². The number of hydrogen-bond donors (Lipinski definition) is 1. The quantitative estimate of drug-likeness (QED) is 0.917. The fraction of sp³-hybridized carbons (Fsp3) is 0.400. The molecule has 2 rings (SSSR count). The summed E-state index contributed by atoms with van der Waals surface area (Å²) < 4.78 is 24.8. The molecule has 0 bridgehead atoms. The lowest BCUT2D eigenvalue weighted by molar-refractivity contribution is 0.522. The summed E-state index contributed by atoms with van der Waals surface area (Å²) in [5.74, 6) is 0. The van der Waals surface area contributed by atoms with E-state index in [-0.39, 0.29) is 6.04 Å². The first kappa shape index (κ1) is 15.7. The summed E-state index contributed by atoms with van der Waals surface area (Å²) in [6.45, 7) is 4.14. The maximum absolute atomic E-state index is 11.4. The molecule has 1 atom stereocenters.